The van der Waals surface area contributed by atoms with Gasteiger partial charge in [0.15, 0.2) is 0 Å². The summed E-state index contributed by atoms with van der Waals surface area (Å²) < 4.78 is 0. The fourth-order valence-electron chi connectivity index (χ4n) is 4.16. The van der Waals surface area contributed by atoms with Crippen LogP contribution < -0.4 is 0 Å². The van der Waals surface area contributed by atoms with E-state index in [1.807, 2.05) is 19.1 Å². The smallest absolute Gasteiger partial charge is 0.118 e. The van der Waals surface area contributed by atoms with Crippen molar-refractivity contribution in [2.75, 3.05) is 13.6 Å². The lowest BCUT2D eigenvalue weighted by molar-refractivity contribution is 0.146. The molecular formula is C18H25NO2. The molecule has 2 unspecified atom stereocenters. The Labute approximate surface area is 126 Å². The van der Waals surface area contributed by atoms with Crippen molar-refractivity contribution in [3.8, 4) is 5.75 Å². The van der Waals surface area contributed by atoms with Crippen LogP contribution in [-0.4, -0.2) is 34.8 Å². The summed E-state index contributed by atoms with van der Waals surface area (Å²) in [4.78, 5) is 2.34. The molecule has 1 heterocycles. The van der Waals surface area contributed by atoms with E-state index in [9.17, 15) is 10.2 Å². The summed E-state index contributed by atoms with van der Waals surface area (Å²) in [7, 11) is 2.15. The normalized spacial score (nSPS) is 33.0. The molecule has 3 atom stereocenters. The lowest BCUT2D eigenvalue weighted by Crippen LogP contribution is -2.39. The third-order valence-corrected chi connectivity index (χ3v) is 5.43. The van der Waals surface area contributed by atoms with Crippen molar-refractivity contribution in [2.45, 2.75) is 44.8 Å². The molecule has 114 valence electrons. The maximum absolute atomic E-state index is 10.2. The van der Waals surface area contributed by atoms with E-state index >= 15 is 0 Å². The van der Waals surface area contributed by atoms with E-state index in [1.165, 1.54) is 11.1 Å². The molecule has 1 spiro atoms. The fraction of sp³-hybridized carbons (Fsp3) is 0.556. The van der Waals surface area contributed by atoms with Gasteiger partial charge in [-0.25, -0.2) is 0 Å². The lowest BCUT2D eigenvalue weighted by Gasteiger charge is -2.42. The van der Waals surface area contributed by atoms with Crippen LogP contribution in [0.25, 0.3) is 0 Å². The largest absolute Gasteiger partial charge is 0.508 e. The van der Waals surface area contributed by atoms with Gasteiger partial charge in [0.1, 0.15) is 5.75 Å². The average molecular weight is 287 g/mol. The van der Waals surface area contributed by atoms with Crippen LogP contribution >= 0.6 is 0 Å². The first kappa shape index (κ1) is 14.6. The summed E-state index contributed by atoms with van der Waals surface area (Å²) in [6.45, 7) is 6.19. The lowest BCUT2D eigenvalue weighted by atomic mass is 9.62. The highest BCUT2D eigenvalue weighted by atomic mass is 16.3. The van der Waals surface area contributed by atoms with Gasteiger partial charge in [0.2, 0.25) is 0 Å². The number of phenolic OH excluding ortho intramolecular Hbond substituents is 1. The van der Waals surface area contributed by atoms with Gasteiger partial charge in [0.05, 0.1) is 6.10 Å². The Kier molecular flexibility index (Phi) is 3.58. The third-order valence-electron chi connectivity index (χ3n) is 5.43. The van der Waals surface area contributed by atoms with Crippen LogP contribution in [0.5, 0.6) is 5.75 Å². The predicted octanol–water partition coefficient (Wildman–Crippen LogP) is 2.73. The molecule has 0 amide bonds. The number of aliphatic hydroxyl groups excluding tert-OH is 1. The summed E-state index contributed by atoms with van der Waals surface area (Å²) in [5.41, 5.74) is 3.51. The minimum atomic E-state index is -0.340. The molecule has 3 heteroatoms. The second-order valence-corrected chi connectivity index (χ2v) is 6.84. The summed E-state index contributed by atoms with van der Waals surface area (Å²) >= 11 is 0. The van der Waals surface area contributed by atoms with Gasteiger partial charge in [-0.1, -0.05) is 25.1 Å². The standard InChI is InChI=1S/C18H25NO2/c1-12-10-15(20)6-7-18(12)8-9-19(3)11-14-4-5-16(21)13(2)17(14)18/h4-7,12,15,20-21H,8-11H2,1-3H3/t12?,15-,18?/m0/s1. The Morgan fingerprint density at radius 3 is 2.81 bits per heavy atom. The van der Waals surface area contributed by atoms with Crippen molar-refractivity contribution >= 4 is 0 Å². The van der Waals surface area contributed by atoms with E-state index in [0.29, 0.717) is 11.7 Å². The molecule has 0 saturated heterocycles. The monoisotopic (exact) mass is 287 g/mol. The minimum absolute atomic E-state index is 0.0673. The summed E-state index contributed by atoms with van der Waals surface area (Å²) in [6.07, 6.45) is 5.63. The first-order valence-corrected chi connectivity index (χ1v) is 7.82. The van der Waals surface area contributed by atoms with Gasteiger partial charge in [-0.3, -0.25) is 0 Å². The number of hydrogen-bond acceptors (Lipinski definition) is 3. The Balaban J connectivity index is 2.24. The van der Waals surface area contributed by atoms with Gasteiger partial charge < -0.3 is 15.1 Å². The van der Waals surface area contributed by atoms with Gasteiger partial charge in [-0.15, -0.1) is 0 Å². The van der Waals surface area contributed by atoms with E-state index in [1.54, 1.807) is 0 Å². The molecular weight excluding hydrogens is 262 g/mol. The van der Waals surface area contributed by atoms with Crippen LogP contribution in [-0.2, 0) is 12.0 Å². The first-order chi connectivity index (χ1) is 9.94. The van der Waals surface area contributed by atoms with Crippen molar-refractivity contribution < 1.29 is 10.2 Å². The highest BCUT2D eigenvalue weighted by Crippen LogP contribution is 2.48. The molecule has 21 heavy (non-hydrogen) atoms. The molecule has 1 aliphatic carbocycles. The van der Waals surface area contributed by atoms with Crippen molar-refractivity contribution in [1.82, 2.24) is 4.90 Å². The number of allylic oxidation sites excluding steroid dienone is 1. The molecule has 1 aliphatic heterocycles. The quantitative estimate of drug-likeness (QED) is 0.721. The summed E-state index contributed by atoms with van der Waals surface area (Å²) in [6, 6.07) is 3.87. The number of aromatic hydroxyl groups is 1. The SMILES string of the molecule is Cc1c(O)ccc2c1C1(C=C[C@H](O)CC1C)CCN(C)C2. The Morgan fingerprint density at radius 1 is 1.33 bits per heavy atom. The van der Waals surface area contributed by atoms with E-state index in [0.717, 1.165) is 31.5 Å². The number of benzene rings is 1. The van der Waals surface area contributed by atoms with E-state index in [2.05, 4.69) is 31.0 Å². The number of aliphatic hydroxyl groups is 1. The maximum Gasteiger partial charge on any atom is 0.118 e. The van der Waals surface area contributed by atoms with Gasteiger partial charge in [-0.2, -0.15) is 0 Å². The van der Waals surface area contributed by atoms with E-state index in [-0.39, 0.29) is 11.5 Å². The zero-order valence-electron chi connectivity index (χ0n) is 13.1. The summed E-state index contributed by atoms with van der Waals surface area (Å²) in [5, 5.41) is 20.1. The number of rotatable bonds is 0. The predicted molar refractivity (Wildman–Crippen MR) is 84.4 cm³/mol. The minimum Gasteiger partial charge on any atom is -0.508 e. The highest BCUT2D eigenvalue weighted by Gasteiger charge is 2.42. The van der Waals surface area contributed by atoms with Gasteiger partial charge >= 0.3 is 0 Å². The molecule has 0 saturated carbocycles. The average Bonchev–Trinajstić information content (AvgIpc) is 2.57. The Morgan fingerprint density at radius 2 is 2.10 bits per heavy atom. The second-order valence-electron chi connectivity index (χ2n) is 6.84. The topological polar surface area (TPSA) is 43.7 Å². The van der Waals surface area contributed by atoms with Crippen LogP contribution in [0.1, 0.15) is 36.5 Å². The van der Waals surface area contributed by atoms with Crippen molar-refractivity contribution in [1.29, 1.82) is 0 Å². The zero-order chi connectivity index (χ0) is 15.2. The van der Waals surface area contributed by atoms with E-state index < -0.39 is 0 Å². The maximum atomic E-state index is 10.2. The molecule has 1 aromatic rings. The molecule has 0 bridgehead atoms. The van der Waals surface area contributed by atoms with Gasteiger partial charge in [0, 0.05) is 12.0 Å². The molecule has 1 aromatic carbocycles. The van der Waals surface area contributed by atoms with Crippen molar-refractivity contribution in [3.63, 3.8) is 0 Å². The molecule has 3 nitrogen and oxygen atoms in total. The zero-order valence-corrected chi connectivity index (χ0v) is 13.1. The molecule has 2 N–H and O–H groups in total. The Bertz CT molecular complexity index is 581. The van der Waals surface area contributed by atoms with Crippen LogP contribution in [0.3, 0.4) is 0 Å². The van der Waals surface area contributed by atoms with Gasteiger partial charge in [-0.05, 0) is 62.0 Å². The molecule has 0 radical (unpaired) electrons. The van der Waals surface area contributed by atoms with Gasteiger partial charge in [0.25, 0.3) is 0 Å². The number of hydrogen-bond donors (Lipinski definition) is 2. The first-order valence-electron chi connectivity index (χ1n) is 7.82. The fourth-order valence-corrected chi connectivity index (χ4v) is 4.16. The Hall–Kier alpha value is -1.32. The van der Waals surface area contributed by atoms with Crippen molar-refractivity contribution in [2.24, 2.45) is 5.92 Å². The summed E-state index contributed by atoms with van der Waals surface area (Å²) in [5.74, 6) is 0.743. The van der Waals surface area contributed by atoms with Crippen LogP contribution in [0.4, 0.5) is 0 Å². The molecule has 0 aromatic heterocycles. The van der Waals surface area contributed by atoms with Crippen LogP contribution in [0, 0.1) is 12.8 Å². The van der Waals surface area contributed by atoms with Crippen LogP contribution in [0.15, 0.2) is 24.3 Å². The number of fused-ring (bicyclic) bond motifs is 2. The van der Waals surface area contributed by atoms with E-state index in [4.69, 9.17) is 0 Å². The molecule has 0 fully saturated rings. The highest BCUT2D eigenvalue weighted by molar-refractivity contribution is 5.51. The molecule has 2 aliphatic rings. The molecule has 3 rings (SSSR count). The second kappa shape index (κ2) is 5.15. The van der Waals surface area contributed by atoms with Crippen molar-refractivity contribution in [3.05, 3.63) is 41.0 Å². The van der Waals surface area contributed by atoms with Crippen LogP contribution in [0.2, 0.25) is 0 Å². The number of nitrogens with zero attached hydrogens (tertiary/aromatic N) is 1. The third kappa shape index (κ3) is 2.29. The number of phenols is 1.